The molecule has 3 rings (SSSR count). The van der Waals surface area contributed by atoms with Gasteiger partial charge in [0.2, 0.25) is 0 Å². The zero-order valence-electron chi connectivity index (χ0n) is 24.5. The summed E-state index contributed by atoms with van der Waals surface area (Å²) in [5, 5.41) is 0. The second kappa shape index (κ2) is 16.9. The summed E-state index contributed by atoms with van der Waals surface area (Å²) in [6.45, 7) is 14.0. The van der Waals surface area contributed by atoms with E-state index in [9.17, 15) is 35.2 Å². The maximum Gasteiger partial charge on any atom is 0.417 e. The fourth-order valence-electron chi connectivity index (χ4n) is 4.22. The first-order chi connectivity index (χ1) is 19.6. The number of pyridine rings is 1. The Morgan fingerprint density at radius 3 is 2.07 bits per heavy atom. The zero-order chi connectivity index (χ0) is 32.9. The SMILES string of the molecule is C=C.C=O.CCC.Cc1cc(C(F)(F)F)cnc1C(=O)N1CCC(C(C)(C)S(=O)(=O)c2cccc(OC(F)F)c2)CC1. The number of sulfone groups is 1. The molecular weight excluding hydrogens is 583 g/mol. The number of halogens is 5. The molecule has 1 aromatic heterocycles. The van der Waals surface area contributed by atoms with Crippen LogP contribution in [0.1, 0.15) is 68.6 Å². The topological polar surface area (TPSA) is 93.6 Å². The highest BCUT2D eigenvalue weighted by Gasteiger charge is 2.44. The molecule has 0 radical (unpaired) electrons. The van der Waals surface area contributed by atoms with E-state index in [0.717, 1.165) is 12.1 Å². The molecule has 0 atom stereocenters. The van der Waals surface area contributed by atoms with E-state index in [-0.39, 0.29) is 40.9 Å². The van der Waals surface area contributed by atoms with Crippen LogP contribution in [0, 0.1) is 12.8 Å². The minimum absolute atomic E-state index is 0.0841. The number of alkyl halides is 5. The number of piperidine rings is 1. The molecular formula is C29H39F5N2O5S. The Morgan fingerprint density at radius 2 is 1.62 bits per heavy atom. The summed E-state index contributed by atoms with van der Waals surface area (Å²) in [4.78, 5) is 25.9. The van der Waals surface area contributed by atoms with E-state index in [0.29, 0.717) is 19.0 Å². The predicted molar refractivity (Wildman–Crippen MR) is 151 cm³/mol. The van der Waals surface area contributed by atoms with Gasteiger partial charge in [0.1, 0.15) is 18.2 Å². The van der Waals surface area contributed by atoms with E-state index in [4.69, 9.17) is 4.79 Å². The van der Waals surface area contributed by atoms with Gasteiger partial charge in [-0.05, 0) is 69.4 Å². The minimum Gasteiger partial charge on any atom is -0.435 e. The number of carbonyl (C=O) groups excluding carboxylic acids is 2. The Kier molecular flexibility index (Phi) is 15.6. The van der Waals surface area contributed by atoms with Gasteiger partial charge in [-0.15, -0.1) is 13.2 Å². The van der Waals surface area contributed by atoms with Gasteiger partial charge in [0.25, 0.3) is 5.91 Å². The minimum atomic E-state index is -4.57. The van der Waals surface area contributed by atoms with Crippen molar-refractivity contribution in [1.82, 2.24) is 9.88 Å². The standard InChI is InChI=1S/C23H25F5N2O4S.C3H8.C2H4.CH2O/c1-14-11-16(23(26,27)28)13-29-19(14)20(31)30-9-7-15(8-10-30)22(2,3)35(32,33)18-6-4-5-17(12-18)34-21(24)25;1-3-2;2*1-2/h4-6,11-13,15,21H,7-10H2,1-3H3;3H2,1-2H3;1-2H2;1H2. The van der Waals surface area contributed by atoms with Gasteiger partial charge in [0.05, 0.1) is 15.2 Å². The van der Waals surface area contributed by atoms with Crippen molar-refractivity contribution in [1.29, 1.82) is 0 Å². The third-order valence-corrected chi connectivity index (χ3v) is 9.00. The molecule has 236 valence electrons. The Labute approximate surface area is 244 Å². The van der Waals surface area contributed by atoms with Crippen molar-refractivity contribution in [2.24, 2.45) is 5.92 Å². The average molecular weight is 623 g/mol. The van der Waals surface area contributed by atoms with E-state index in [2.05, 4.69) is 36.7 Å². The van der Waals surface area contributed by atoms with Crippen LogP contribution in [0.3, 0.4) is 0 Å². The lowest BCUT2D eigenvalue weighted by atomic mass is 9.85. The van der Waals surface area contributed by atoms with Crippen LogP contribution in [0.5, 0.6) is 5.75 Å². The van der Waals surface area contributed by atoms with Crippen LogP contribution in [-0.2, 0) is 20.8 Å². The molecule has 7 nitrogen and oxygen atoms in total. The quantitative estimate of drug-likeness (QED) is 0.251. The fourth-order valence-corrected chi connectivity index (χ4v) is 6.03. The number of likely N-dealkylation sites (tertiary alicyclic amines) is 1. The average Bonchev–Trinajstić information content (AvgIpc) is 2.94. The van der Waals surface area contributed by atoms with Crippen molar-refractivity contribution in [3.8, 4) is 5.75 Å². The number of nitrogens with zero attached hydrogens (tertiary/aromatic N) is 2. The van der Waals surface area contributed by atoms with E-state index in [1.54, 1.807) is 13.8 Å². The zero-order valence-corrected chi connectivity index (χ0v) is 25.3. The third-order valence-electron chi connectivity index (χ3n) is 6.41. The number of aromatic nitrogens is 1. The largest absolute Gasteiger partial charge is 0.435 e. The van der Waals surface area contributed by atoms with Crippen LogP contribution < -0.4 is 4.74 Å². The van der Waals surface area contributed by atoms with Gasteiger partial charge in [-0.1, -0.05) is 26.3 Å². The molecule has 0 bridgehead atoms. The van der Waals surface area contributed by atoms with Gasteiger partial charge in [-0.3, -0.25) is 9.78 Å². The number of hydrogen-bond donors (Lipinski definition) is 0. The Balaban J connectivity index is 0.00000221. The number of aryl methyl sites for hydroxylation is 1. The monoisotopic (exact) mass is 622 g/mol. The molecule has 1 amide bonds. The Morgan fingerprint density at radius 1 is 1.10 bits per heavy atom. The summed E-state index contributed by atoms with van der Waals surface area (Å²) < 4.78 is 93.5. The van der Waals surface area contributed by atoms with E-state index >= 15 is 0 Å². The maximum atomic E-state index is 13.4. The highest BCUT2D eigenvalue weighted by molar-refractivity contribution is 7.92. The summed E-state index contributed by atoms with van der Waals surface area (Å²) in [5.41, 5.74) is -0.930. The number of benzene rings is 1. The first-order valence-electron chi connectivity index (χ1n) is 13.0. The van der Waals surface area contributed by atoms with Crippen molar-refractivity contribution in [3.63, 3.8) is 0 Å². The van der Waals surface area contributed by atoms with Gasteiger partial charge in [0.15, 0.2) is 9.84 Å². The van der Waals surface area contributed by atoms with Crippen LogP contribution in [0.4, 0.5) is 22.0 Å². The van der Waals surface area contributed by atoms with Gasteiger partial charge >= 0.3 is 12.8 Å². The highest BCUT2D eigenvalue weighted by atomic mass is 32.2. The van der Waals surface area contributed by atoms with Gasteiger partial charge in [-0.25, -0.2) is 8.42 Å². The lowest BCUT2D eigenvalue weighted by Crippen LogP contribution is -2.47. The Bertz CT molecular complexity index is 1240. The number of amides is 1. The van der Waals surface area contributed by atoms with E-state index in [1.165, 1.54) is 36.4 Å². The molecule has 42 heavy (non-hydrogen) atoms. The van der Waals surface area contributed by atoms with E-state index in [1.807, 2.05) is 6.79 Å². The second-order valence-electron chi connectivity index (χ2n) is 9.62. The fraction of sp³-hybridized carbons (Fsp3) is 0.483. The molecule has 1 saturated heterocycles. The first-order valence-corrected chi connectivity index (χ1v) is 14.5. The molecule has 0 aliphatic carbocycles. The summed E-state index contributed by atoms with van der Waals surface area (Å²) in [6.07, 6.45) is -2.05. The molecule has 0 spiro atoms. The van der Waals surface area contributed by atoms with Gasteiger partial charge in [0, 0.05) is 19.3 Å². The molecule has 2 aromatic rings. The molecule has 0 N–H and O–H groups in total. The summed E-state index contributed by atoms with van der Waals surface area (Å²) >= 11 is 0. The summed E-state index contributed by atoms with van der Waals surface area (Å²) in [7, 11) is -3.96. The number of hydrogen-bond acceptors (Lipinski definition) is 6. The summed E-state index contributed by atoms with van der Waals surface area (Å²) in [6, 6.07) is 5.80. The van der Waals surface area contributed by atoms with Crippen molar-refractivity contribution < 1.29 is 44.7 Å². The smallest absolute Gasteiger partial charge is 0.417 e. The van der Waals surface area contributed by atoms with Crippen molar-refractivity contribution in [2.45, 2.75) is 76.3 Å². The molecule has 0 unspecified atom stereocenters. The highest BCUT2D eigenvalue weighted by Crippen LogP contribution is 2.39. The molecule has 1 aromatic carbocycles. The summed E-state index contributed by atoms with van der Waals surface area (Å²) in [5.74, 6) is -1.15. The lowest BCUT2D eigenvalue weighted by molar-refractivity contribution is -0.137. The molecule has 2 heterocycles. The third kappa shape index (κ3) is 9.88. The molecule has 1 aliphatic rings. The second-order valence-corrected chi connectivity index (χ2v) is 12.2. The molecule has 13 heteroatoms. The van der Waals surface area contributed by atoms with Crippen LogP contribution in [0.2, 0.25) is 0 Å². The Hall–Kier alpha value is -3.35. The predicted octanol–water partition coefficient (Wildman–Crippen LogP) is 7.15. The van der Waals surface area contributed by atoms with Crippen LogP contribution >= 0.6 is 0 Å². The normalized spacial score (nSPS) is 13.9. The van der Waals surface area contributed by atoms with Crippen LogP contribution in [0.15, 0.2) is 54.6 Å². The number of carbonyl (C=O) groups is 2. The molecule has 1 aliphatic heterocycles. The van der Waals surface area contributed by atoms with Crippen molar-refractivity contribution >= 4 is 22.5 Å². The molecule has 1 fully saturated rings. The van der Waals surface area contributed by atoms with E-state index < -0.39 is 38.8 Å². The van der Waals surface area contributed by atoms with Crippen molar-refractivity contribution in [3.05, 3.63) is 66.5 Å². The van der Waals surface area contributed by atoms with Gasteiger partial charge in [-0.2, -0.15) is 22.0 Å². The van der Waals surface area contributed by atoms with Gasteiger partial charge < -0.3 is 14.4 Å². The van der Waals surface area contributed by atoms with Crippen molar-refractivity contribution in [2.75, 3.05) is 13.1 Å². The van der Waals surface area contributed by atoms with Crippen LogP contribution in [0.25, 0.3) is 0 Å². The number of rotatable bonds is 6. The lowest BCUT2D eigenvalue weighted by Gasteiger charge is -2.40. The first kappa shape index (κ1) is 38.6. The van der Waals surface area contributed by atoms with Crippen LogP contribution in [-0.4, -0.2) is 55.4 Å². The number of ether oxygens (including phenoxy) is 1. The molecule has 0 saturated carbocycles. The maximum absolute atomic E-state index is 13.4.